The number of methoxy groups -OCH3 is 1. The highest BCUT2D eigenvalue weighted by molar-refractivity contribution is 6.00. The molecule has 0 aliphatic carbocycles. The second kappa shape index (κ2) is 9.43. The second-order valence-corrected chi connectivity index (χ2v) is 7.19. The van der Waals surface area contributed by atoms with Crippen molar-refractivity contribution in [3.05, 3.63) is 54.1 Å². The number of benzene rings is 2. The molecule has 7 heteroatoms. The molecule has 7 nitrogen and oxygen atoms in total. The molecule has 1 fully saturated rings. The molecule has 2 aromatic carbocycles. The maximum Gasteiger partial charge on any atom is 0.312 e. The molecule has 1 saturated heterocycles. The third-order valence-corrected chi connectivity index (χ3v) is 5.14. The SMILES string of the molecule is CCc1ccc(N2C[C@H](C(=O)O[C@@H](C)C(=O)Nc3ccccc3OC)CC2=O)cc1. The predicted molar refractivity (Wildman–Crippen MR) is 113 cm³/mol. The first kappa shape index (κ1) is 21.4. The molecule has 158 valence electrons. The van der Waals surface area contributed by atoms with Crippen molar-refractivity contribution in [2.75, 3.05) is 23.9 Å². The average molecular weight is 410 g/mol. The van der Waals surface area contributed by atoms with Crippen LogP contribution in [0.2, 0.25) is 0 Å². The minimum atomic E-state index is -1.00. The van der Waals surface area contributed by atoms with Gasteiger partial charge in [0.2, 0.25) is 5.91 Å². The highest BCUT2D eigenvalue weighted by Gasteiger charge is 2.37. The lowest BCUT2D eigenvalue weighted by atomic mass is 10.1. The highest BCUT2D eigenvalue weighted by Crippen LogP contribution is 2.27. The number of aryl methyl sites for hydroxylation is 1. The lowest BCUT2D eigenvalue weighted by molar-refractivity contribution is -0.157. The number of rotatable bonds is 7. The maximum absolute atomic E-state index is 12.6. The van der Waals surface area contributed by atoms with Gasteiger partial charge in [-0.1, -0.05) is 31.2 Å². The molecule has 0 spiro atoms. The number of anilines is 2. The van der Waals surface area contributed by atoms with Crippen molar-refractivity contribution in [3.8, 4) is 5.75 Å². The molecule has 2 aromatic rings. The van der Waals surface area contributed by atoms with Gasteiger partial charge in [-0.05, 0) is 43.2 Å². The molecule has 0 unspecified atom stereocenters. The van der Waals surface area contributed by atoms with Gasteiger partial charge in [0.1, 0.15) is 5.75 Å². The summed E-state index contributed by atoms with van der Waals surface area (Å²) in [6.45, 7) is 3.80. The molecule has 0 bridgehead atoms. The number of hydrogen-bond donors (Lipinski definition) is 1. The van der Waals surface area contributed by atoms with E-state index in [0.29, 0.717) is 11.4 Å². The lowest BCUT2D eigenvalue weighted by Crippen LogP contribution is -2.33. The van der Waals surface area contributed by atoms with Crippen molar-refractivity contribution in [1.29, 1.82) is 0 Å². The second-order valence-electron chi connectivity index (χ2n) is 7.19. The third kappa shape index (κ3) is 4.79. The minimum Gasteiger partial charge on any atom is -0.495 e. The Kier molecular flexibility index (Phi) is 6.72. The molecule has 0 saturated carbocycles. The Hall–Kier alpha value is -3.35. The summed E-state index contributed by atoms with van der Waals surface area (Å²) in [4.78, 5) is 39.0. The summed E-state index contributed by atoms with van der Waals surface area (Å²) in [5.41, 5.74) is 2.43. The van der Waals surface area contributed by atoms with Crippen molar-refractivity contribution >= 4 is 29.2 Å². The van der Waals surface area contributed by atoms with Crippen LogP contribution in [0.25, 0.3) is 0 Å². The van der Waals surface area contributed by atoms with Crippen LogP contribution < -0.4 is 15.0 Å². The number of ether oxygens (including phenoxy) is 2. The van der Waals surface area contributed by atoms with Gasteiger partial charge in [-0.2, -0.15) is 0 Å². The van der Waals surface area contributed by atoms with E-state index in [0.717, 1.165) is 12.1 Å². The zero-order chi connectivity index (χ0) is 21.7. The van der Waals surface area contributed by atoms with Crippen LogP contribution in [0.15, 0.2) is 48.5 Å². The van der Waals surface area contributed by atoms with E-state index in [1.165, 1.54) is 19.6 Å². The third-order valence-electron chi connectivity index (χ3n) is 5.14. The quantitative estimate of drug-likeness (QED) is 0.709. The van der Waals surface area contributed by atoms with Crippen LogP contribution >= 0.6 is 0 Å². The van der Waals surface area contributed by atoms with Gasteiger partial charge < -0.3 is 19.7 Å². The zero-order valence-electron chi connectivity index (χ0n) is 17.4. The summed E-state index contributed by atoms with van der Waals surface area (Å²) >= 11 is 0. The molecule has 0 aromatic heterocycles. The van der Waals surface area contributed by atoms with Crippen LogP contribution in [0.1, 0.15) is 25.8 Å². The first-order valence-corrected chi connectivity index (χ1v) is 9.96. The van der Waals surface area contributed by atoms with Crippen molar-refractivity contribution < 1.29 is 23.9 Å². The Morgan fingerprint density at radius 1 is 1.17 bits per heavy atom. The maximum atomic E-state index is 12.6. The van der Waals surface area contributed by atoms with Crippen molar-refractivity contribution in [2.24, 2.45) is 5.92 Å². The number of hydrogen-bond acceptors (Lipinski definition) is 5. The fourth-order valence-electron chi connectivity index (χ4n) is 3.33. The largest absolute Gasteiger partial charge is 0.495 e. The predicted octanol–water partition coefficient (Wildman–Crippen LogP) is 3.18. The van der Waals surface area contributed by atoms with E-state index in [-0.39, 0.29) is 18.9 Å². The number of nitrogens with one attached hydrogen (secondary N) is 1. The van der Waals surface area contributed by atoms with E-state index in [1.807, 2.05) is 24.3 Å². The van der Waals surface area contributed by atoms with E-state index in [4.69, 9.17) is 9.47 Å². The first-order chi connectivity index (χ1) is 14.4. The Morgan fingerprint density at radius 2 is 1.87 bits per heavy atom. The summed E-state index contributed by atoms with van der Waals surface area (Å²) in [6, 6.07) is 14.7. The molecule has 1 heterocycles. The van der Waals surface area contributed by atoms with Crippen molar-refractivity contribution in [2.45, 2.75) is 32.8 Å². The zero-order valence-corrected chi connectivity index (χ0v) is 17.4. The van der Waals surface area contributed by atoms with Crippen LogP contribution in [0.3, 0.4) is 0 Å². The van der Waals surface area contributed by atoms with E-state index in [2.05, 4.69) is 12.2 Å². The van der Waals surface area contributed by atoms with E-state index in [9.17, 15) is 14.4 Å². The summed E-state index contributed by atoms with van der Waals surface area (Å²) in [5, 5.41) is 2.69. The average Bonchev–Trinajstić information content (AvgIpc) is 3.15. The molecule has 2 amide bonds. The van der Waals surface area contributed by atoms with Gasteiger partial charge in [0.15, 0.2) is 6.10 Å². The lowest BCUT2D eigenvalue weighted by Gasteiger charge is -2.18. The Balaban J connectivity index is 1.58. The monoisotopic (exact) mass is 410 g/mol. The number of carbonyl (C=O) groups excluding carboxylic acids is 3. The Bertz CT molecular complexity index is 925. The minimum absolute atomic E-state index is 0.0647. The molecule has 1 aliphatic rings. The molecule has 2 atom stereocenters. The van der Waals surface area contributed by atoms with Crippen LogP contribution in [-0.2, 0) is 25.5 Å². The molecular formula is C23H26N2O5. The number of amides is 2. The number of nitrogens with zero attached hydrogens (tertiary/aromatic N) is 1. The number of carbonyl (C=O) groups is 3. The smallest absolute Gasteiger partial charge is 0.312 e. The van der Waals surface area contributed by atoms with Gasteiger partial charge in [0, 0.05) is 18.7 Å². The highest BCUT2D eigenvalue weighted by atomic mass is 16.5. The van der Waals surface area contributed by atoms with Gasteiger partial charge in [0.05, 0.1) is 18.7 Å². The van der Waals surface area contributed by atoms with Gasteiger partial charge in [-0.15, -0.1) is 0 Å². The van der Waals surface area contributed by atoms with Crippen LogP contribution in [0.4, 0.5) is 11.4 Å². The van der Waals surface area contributed by atoms with E-state index in [1.54, 1.807) is 29.2 Å². The standard InChI is InChI=1S/C23H26N2O5/c1-4-16-9-11-18(12-10-16)25-14-17(13-21(25)26)23(28)30-15(2)22(27)24-19-7-5-6-8-20(19)29-3/h5-12,15,17H,4,13-14H2,1-3H3,(H,24,27)/t15-,17+/m0/s1. The van der Waals surface area contributed by atoms with Gasteiger partial charge in [-0.3, -0.25) is 14.4 Å². The summed E-state index contributed by atoms with van der Waals surface area (Å²) in [5.74, 6) is -1.25. The van der Waals surface area contributed by atoms with Crippen LogP contribution in [-0.4, -0.2) is 37.5 Å². The summed E-state index contributed by atoms with van der Waals surface area (Å²) in [6.07, 6.45) is -0.0249. The number of para-hydroxylation sites is 2. The summed E-state index contributed by atoms with van der Waals surface area (Å²) in [7, 11) is 1.51. The Morgan fingerprint density at radius 3 is 2.53 bits per heavy atom. The number of esters is 1. The first-order valence-electron chi connectivity index (χ1n) is 9.96. The van der Waals surface area contributed by atoms with E-state index < -0.39 is 23.9 Å². The Labute approximate surface area is 176 Å². The van der Waals surface area contributed by atoms with Gasteiger partial charge in [0.25, 0.3) is 5.91 Å². The molecule has 1 N–H and O–H groups in total. The van der Waals surface area contributed by atoms with Crippen molar-refractivity contribution in [1.82, 2.24) is 0 Å². The van der Waals surface area contributed by atoms with Crippen molar-refractivity contribution in [3.63, 3.8) is 0 Å². The van der Waals surface area contributed by atoms with Gasteiger partial charge >= 0.3 is 5.97 Å². The molecule has 3 rings (SSSR count). The molecule has 0 radical (unpaired) electrons. The summed E-state index contributed by atoms with van der Waals surface area (Å²) < 4.78 is 10.5. The van der Waals surface area contributed by atoms with Gasteiger partial charge in [-0.25, -0.2) is 0 Å². The molecule has 1 aliphatic heterocycles. The molecular weight excluding hydrogens is 384 g/mol. The fraction of sp³-hybridized carbons (Fsp3) is 0.348. The van der Waals surface area contributed by atoms with Crippen LogP contribution in [0.5, 0.6) is 5.75 Å². The topological polar surface area (TPSA) is 84.9 Å². The van der Waals surface area contributed by atoms with E-state index >= 15 is 0 Å². The van der Waals surface area contributed by atoms with Crippen LogP contribution in [0, 0.1) is 5.92 Å². The fourth-order valence-corrected chi connectivity index (χ4v) is 3.33. The molecule has 30 heavy (non-hydrogen) atoms. The normalized spacial score (nSPS) is 16.8.